The number of aromatic nitrogens is 1. The monoisotopic (exact) mass is 284 g/mol. The fourth-order valence-electron chi connectivity index (χ4n) is 2.41. The van der Waals surface area contributed by atoms with Crippen LogP contribution in [0.25, 0.3) is 0 Å². The van der Waals surface area contributed by atoms with Crippen LogP contribution in [0.4, 0.5) is 5.69 Å². The molecule has 106 valence electrons. The van der Waals surface area contributed by atoms with Crippen molar-refractivity contribution in [2.45, 2.75) is 24.3 Å². The van der Waals surface area contributed by atoms with Gasteiger partial charge in [-0.2, -0.15) is 0 Å². The highest BCUT2D eigenvalue weighted by atomic mass is 32.2. The second-order valence-electron chi connectivity index (χ2n) is 5.17. The van der Waals surface area contributed by atoms with Crippen molar-refractivity contribution in [1.29, 1.82) is 0 Å². The Morgan fingerprint density at radius 1 is 1.53 bits per heavy atom. The summed E-state index contributed by atoms with van der Waals surface area (Å²) < 4.78 is 27.4. The fourth-order valence-corrected chi connectivity index (χ4v) is 3.86. The molecular weight excluding hydrogens is 264 g/mol. The Morgan fingerprint density at radius 2 is 2.26 bits per heavy atom. The highest BCUT2D eigenvalue weighted by Gasteiger charge is 2.29. The second-order valence-corrected chi connectivity index (χ2v) is 6.85. The zero-order valence-electron chi connectivity index (χ0n) is 11.2. The molecule has 1 saturated heterocycles. The summed E-state index contributed by atoms with van der Waals surface area (Å²) in [5.41, 5.74) is 5.93. The van der Waals surface area contributed by atoms with Gasteiger partial charge in [0.1, 0.15) is 4.90 Å². The number of likely N-dealkylation sites (tertiary alicyclic amines) is 1. The number of nitrogens with zero attached hydrogens (tertiary/aromatic N) is 2. The number of hydrogen-bond acceptors (Lipinski definition) is 5. The average Bonchev–Trinajstić information content (AvgIpc) is 2.33. The quantitative estimate of drug-likeness (QED) is 0.832. The van der Waals surface area contributed by atoms with E-state index in [1.807, 2.05) is 7.05 Å². The predicted octanol–water partition coefficient (Wildman–Crippen LogP) is 0.282. The average molecular weight is 284 g/mol. The predicted molar refractivity (Wildman–Crippen MR) is 74.0 cm³/mol. The molecule has 0 bridgehead atoms. The molecule has 6 nitrogen and oxygen atoms in total. The Bertz CT molecular complexity index is 546. The minimum absolute atomic E-state index is 0.0548. The summed E-state index contributed by atoms with van der Waals surface area (Å²) in [6.07, 6.45) is 3.57. The highest BCUT2D eigenvalue weighted by molar-refractivity contribution is 7.89. The normalized spacial score (nSPS) is 25.4. The van der Waals surface area contributed by atoms with Gasteiger partial charge in [0.25, 0.3) is 0 Å². The van der Waals surface area contributed by atoms with E-state index in [-0.39, 0.29) is 22.5 Å². The van der Waals surface area contributed by atoms with Gasteiger partial charge in [-0.25, -0.2) is 13.1 Å². The number of sulfonamides is 1. The number of piperidine rings is 1. The van der Waals surface area contributed by atoms with E-state index in [4.69, 9.17) is 5.73 Å². The van der Waals surface area contributed by atoms with Gasteiger partial charge in [0.2, 0.25) is 10.0 Å². The van der Waals surface area contributed by atoms with Gasteiger partial charge in [0.15, 0.2) is 0 Å². The van der Waals surface area contributed by atoms with Crippen molar-refractivity contribution in [1.82, 2.24) is 14.6 Å². The van der Waals surface area contributed by atoms with E-state index >= 15 is 0 Å². The number of nitrogen functional groups attached to an aromatic ring is 1. The number of hydrogen-bond donors (Lipinski definition) is 2. The summed E-state index contributed by atoms with van der Waals surface area (Å²) in [5.74, 6) is 0.270. The van der Waals surface area contributed by atoms with Gasteiger partial charge < -0.3 is 10.6 Å². The molecule has 2 atom stereocenters. The zero-order valence-corrected chi connectivity index (χ0v) is 12.0. The Hall–Kier alpha value is -1.18. The number of nitrogens with two attached hydrogens (primary N) is 1. The molecule has 0 spiro atoms. The van der Waals surface area contributed by atoms with Crippen LogP contribution in [-0.4, -0.2) is 44.5 Å². The third-order valence-corrected chi connectivity index (χ3v) is 5.05. The van der Waals surface area contributed by atoms with E-state index in [0.717, 1.165) is 19.5 Å². The van der Waals surface area contributed by atoms with Crippen molar-refractivity contribution >= 4 is 15.7 Å². The maximum atomic E-state index is 12.3. The molecule has 2 rings (SSSR count). The first-order valence-corrected chi connectivity index (χ1v) is 7.79. The molecule has 7 heteroatoms. The maximum Gasteiger partial charge on any atom is 0.244 e. The lowest BCUT2D eigenvalue weighted by molar-refractivity contribution is 0.188. The van der Waals surface area contributed by atoms with Crippen molar-refractivity contribution in [3.8, 4) is 0 Å². The Labute approximate surface area is 114 Å². The van der Waals surface area contributed by atoms with Crippen LogP contribution in [-0.2, 0) is 10.0 Å². The van der Waals surface area contributed by atoms with E-state index in [2.05, 4.69) is 21.5 Å². The van der Waals surface area contributed by atoms with Crippen LogP contribution in [0.15, 0.2) is 23.4 Å². The lowest BCUT2D eigenvalue weighted by atomic mass is 9.95. The minimum atomic E-state index is -3.60. The molecule has 1 aromatic heterocycles. The molecule has 0 aromatic carbocycles. The Morgan fingerprint density at radius 3 is 2.89 bits per heavy atom. The smallest absolute Gasteiger partial charge is 0.244 e. The first-order valence-electron chi connectivity index (χ1n) is 6.30. The third kappa shape index (κ3) is 3.23. The summed E-state index contributed by atoms with van der Waals surface area (Å²) in [6, 6.07) is 1.44. The second kappa shape index (κ2) is 5.44. The van der Waals surface area contributed by atoms with Gasteiger partial charge in [-0.1, -0.05) is 6.92 Å². The van der Waals surface area contributed by atoms with Crippen LogP contribution in [0.2, 0.25) is 0 Å². The number of anilines is 1. The van der Waals surface area contributed by atoms with Crippen LogP contribution in [0, 0.1) is 5.92 Å². The zero-order chi connectivity index (χ0) is 14.0. The molecule has 0 amide bonds. The summed E-state index contributed by atoms with van der Waals surface area (Å²) in [5, 5.41) is 0. The number of nitrogens with one attached hydrogen (secondary N) is 1. The standard InChI is InChI=1S/C12H20N4O2S/c1-9-8-16(2)6-4-11(9)15-19(17,18)12-7-14-5-3-10(12)13/h3,5,7,9,11,15H,4,6,8H2,1-2H3,(H2,13,14). The van der Waals surface area contributed by atoms with E-state index in [0.29, 0.717) is 0 Å². The topological polar surface area (TPSA) is 88.3 Å². The molecule has 0 aliphatic carbocycles. The van der Waals surface area contributed by atoms with Crippen LogP contribution in [0.3, 0.4) is 0 Å². The van der Waals surface area contributed by atoms with Gasteiger partial charge in [0.05, 0.1) is 5.69 Å². The Balaban J connectivity index is 2.16. The van der Waals surface area contributed by atoms with Crippen molar-refractivity contribution in [3.05, 3.63) is 18.5 Å². The van der Waals surface area contributed by atoms with Crippen LogP contribution in [0.5, 0.6) is 0 Å². The highest BCUT2D eigenvalue weighted by Crippen LogP contribution is 2.20. The number of pyridine rings is 1. The van der Waals surface area contributed by atoms with Gasteiger partial charge in [-0.3, -0.25) is 4.98 Å². The van der Waals surface area contributed by atoms with Crippen molar-refractivity contribution in [3.63, 3.8) is 0 Å². The van der Waals surface area contributed by atoms with E-state index < -0.39 is 10.0 Å². The summed E-state index contributed by atoms with van der Waals surface area (Å²) in [6.45, 7) is 3.82. The molecule has 1 aliphatic rings. The summed E-state index contributed by atoms with van der Waals surface area (Å²) in [7, 11) is -1.56. The first kappa shape index (κ1) is 14.2. The lowest BCUT2D eigenvalue weighted by Crippen LogP contribution is -2.48. The van der Waals surface area contributed by atoms with Crippen molar-refractivity contribution in [2.24, 2.45) is 5.92 Å². The minimum Gasteiger partial charge on any atom is -0.398 e. The fraction of sp³-hybridized carbons (Fsp3) is 0.583. The molecule has 2 heterocycles. The van der Waals surface area contributed by atoms with Crippen molar-refractivity contribution < 1.29 is 8.42 Å². The van der Waals surface area contributed by atoms with Crippen LogP contribution >= 0.6 is 0 Å². The van der Waals surface area contributed by atoms with Gasteiger partial charge in [-0.15, -0.1) is 0 Å². The molecule has 1 aliphatic heterocycles. The molecule has 0 radical (unpaired) electrons. The lowest BCUT2D eigenvalue weighted by Gasteiger charge is -2.34. The number of rotatable bonds is 3. The van der Waals surface area contributed by atoms with Crippen LogP contribution < -0.4 is 10.5 Å². The van der Waals surface area contributed by atoms with E-state index in [9.17, 15) is 8.42 Å². The maximum absolute atomic E-state index is 12.3. The Kier molecular flexibility index (Phi) is 4.07. The van der Waals surface area contributed by atoms with Crippen molar-refractivity contribution in [2.75, 3.05) is 25.9 Å². The van der Waals surface area contributed by atoms with Gasteiger partial charge >= 0.3 is 0 Å². The molecule has 2 unspecified atom stereocenters. The molecule has 19 heavy (non-hydrogen) atoms. The first-order chi connectivity index (χ1) is 8.90. The SMILES string of the molecule is CC1CN(C)CCC1NS(=O)(=O)c1cnccc1N. The molecule has 0 saturated carbocycles. The van der Waals surface area contributed by atoms with Crippen LogP contribution in [0.1, 0.15) is 13.3 Å². The van der Waals surface area contributed by atoms with E-state index in [1.165, 1.54) is 18.5 Å². The largest absolute Gasteiger partial charge is 0.398 e. The van der Waals surface area contributed by atoms with E-state index in [1.54, 1.807) is 0 Å². The van der Waals surface area contributed by atoms with Gasteiger partial charge in [-0.05, 0) is 32.0 Å². The molecule has 1 aromatic rings. The summed E-state index contributed by atoms with van der Waals surface area (Å²) >= 11 is 0. The third-order valence-electron chi connectivity index (χ3n) is 3.52. The van der Waals surface area contributed by atoms with Gasteiger partial charge in [0, 0.05) is 25.0 Å². The summed E-state index contributed by atoms with van der Waals surface area (Å²) in [4.78, 5) is 6.09. The molecular formula is C12H20N4O2S. The molecule has 1 fully saturated rings. The molecule has 3 N–H and O–H groups in total.